The molecule has 1 unspecified atom stereocenters. The van der Waals surface area contributed by atoms with Gasteiger partial charge in [-0.05, 0) is 69.3 Å². The van der Waals surface area contributed by atoms with Crippen molar-refractivity contribution in [2.75, 3.05) is 33.5 Å². The summed E-state index contributed by atoms with van der Waals surface area (Å²) in [6.07, 6.45) is 1.73. The van der Waals surface area contributed by atoms with E-state index in [9.17, 15) is 0 Å². The van der Waals surface area contributed by atoms with E-state index in [-0.39, 0.29) is 6.04 Å². The summed E-state index contributed by atoms with van der Waals surface area (Å²) in [7, 11) is 1.69. The first-order valence-electron chi connectivity index (χ1n) is 6.97. The molecule has 21 heavy (non-hydrogen) atoms. The van der Waals surface area contributed by atoms with E-state index < -0.39 is 0 Å². The zero-order valence-electron chi connectivity index (χ0n) is 12.5. The molecule has 1 aromatic carbocycles. The fraction of sp³-hybridized carbons (Fsp3) is 0.600. The van der Waals surface area contributed by atoms with E-state index in [1.54, 1.807) is 7.11 Å². The molecule has 0 aliphatic heterocycles. The number of benzene rings is 1. The van der Waals surface area contributed by atoms with Crippen LogP contribution in [-0.2, 0) is 15.9 Å². The molecule has 0 bridgehead atoms. The summed E-state index contributed by atoms with van der Waals surface area (Å²) in [6.45, 7) is 4.47. The molecule has 0 radical (unpaired) electrons. The summed E-state index contributed by atoms with van der Waals surface area (Å²) in [5, 5.41) is 0. The Morgan fingerprint density at radius 2 is 1.76 bits per heavy atom. The van der Waals surface area contributed by atoms with Gasteiger partial charge in [0.05, 0.1) is 15.6 Å². The van der Waals surface area contributed by atoms with E-state index in [2.05, 4.69) is 31.9 Å². The Kier molecular flexibility index (Phi) is 9.51. The lowest BCUT2D eigenvalue weighted by Gasteiger charge is -2.13. The number of ether oxygens (including phenoxy) is 3. The highest BCUT2D eigenvalue weighted by molar-refractivity contribution is 9.11. The molecule has 120 valence electrons. The molecule has 6 heteroatoms. The van der Waals surface area contributed by atoms with Gasteiger partial charge in [-0.25, -0.2) is 0 Å². The lowest BCUT2D eigenvalue weighted by molar-refractivity contribution is 0.0803. The summed E-state index contributed by atoms with van der Waals surface area (Å²) in [5.74, 6) is 0.795. The molecule has 1 aromatic rings. The van der Waals surface area contributed by atoms with Crippen molar-refractivity contribution in [3.63, 3.8) is 0 Å². The van der Waals surface area contributed by atoms with Gasteiger partial charge in [-0.3, -0.25) is 0 Å². The maximum absolute atomic E-state index is 5.82. The molecule has 0 spiro atoms. The second kappa shape index (κ2) is 10.6. The Morgan fingerprint density at radius 3 is 2.33 bits per heavy atom. The maximum atomic E-state index is 5.82. The molecule has 0 saturated heterocycles. The van der Waals surface area contributed by atoms with Crippen molar-refractivity contribution in [3.05, 3.63) is 26.6 Å². The van der Waals surface area contributed by atoms with Crippen LogP contribution in [0, 0.1) is 0 Å². The molecule has 0 aromatic heterocycles. The molecule has 2 N–H and O–H groups in total. The Hall–Kier alpha value is -0.140. The fourth-order valence-corrected chi connectivity index (χ4v) is 3.36. The third kappa shape index (κ3) is 7.61. The van der Waals surface area contributed by atoms with Gasteiger partial charge in [0.1, 0.15) is 12.4 Å². The van der Waals surface area contributed by atoms with Gasteiger partial charge in [0, 0.05) is 26.4 Å². The van der Waals surface area contributed by atoms with Crippen LogP contribution in [-0.4, -0.2) is 39.6 Å². The van der Waals surface area contributed by atoms with Gasteiger partial charge in [0.25, 0.3) is 0 Å². The zero-order valence-corrected chi connectivity index (χ0v) is 15.7. The van der Waals surface area contributed by atoms with Crippen LogP contribution in [0.4, 0.5) is 0 Å². The second-order valence-electron chi connectivity index (χ2n) is 4.88. The number of rotatable bonds is 10. The first-order valence-corrected chi connectivity index (χ1v) is 8.56. The molecule has 4 nitrogen and oxygen atoms in total. The molecule has 0 aliphatic rings. The molecule has 0 saturated carbocycles. The van der Waals surface area contributed by atoms with Crippen LogP contribution < -0.4 is 10.5 Å². The van der Waals surface area contributed by atoms with E-state index >= 15 is 0 Å². The van der Waals surface area contributed by atoms with Crippen LogP contribution in [0.1, 0.15) is 18.9 Å². The molecule has 1 rings (SSSR count). The Balaban J connectivity index is 2.41. The van der Waals surface area contributed by atoms with Gasteiger partial charge >= 0.3 is 0 Å². The number of methoxy groups -OCH3 is 1. The molecule has 0 amide bonds. The van der Waals surface area contributed by atoms with Crippen LogP contribution in [0.5, 0.6) is 5.75 Å². The summed E-state index contributed by atoms with van der Waals surface area (Å²) >= 11 is 7.08. The molecular formula is C15H23Br2NO3. The standard InChI is InChI=1S/C15H23Br2NO3/c1-11(18)8-12-9-13(16)15(14(17)10-12)21-7-6-20-5-3-4-19-2/h9-11H,3-8,18H2,1-2H3. The van der Waals surface area contributed by atoms with Crippen molar-refractivity contribution in [1.82, 2.24) is 0 Å². The Labute approximate surface area is 143 Å². The highest BCUT2D eigenvalue weighted by Gasteiger charge is 2.10. The molecular weight excluding hydrogens is 402 g/mol. The van der Waals surface area contributed by atoms with Gasteiger partial charge in [0.15, 0.2) is 0 Å². The van der Waals surface area contributed by atoms with Crippen molar-refractivity contribution in [2.45, 2.75) is 25.8 Å². The number of hydrogen-bond acceptors (Lipinski definition) is 4. The number of nitrogens with two attached hydrogens (primary N) is 1. The average Bonchev–Trinajstić information content (AvgIpc) is 2.39. The van der Waals surface area contributed by atoms with Gasteiger partial charge in [-0.2, -0.15) is 0 Å². The highest BCUT2D eigenvalue weighted by Crippen LogP contribution is 2.35. The zero-order chi connectivity index (χ0) is 15.7. The normalized spacial score (nSPS) is 12.4. The van der Waals surface area contributed by atoms with E-state index in [0.29, 0.717) is 19.8 Å². The van der Waals surface area contributed by atoms with Gasteiger partial charge in [0.2, 0.25) is 0 Å². The molecule has 0 heterocycles. The predicted octanol–water partition coefficient (Wildman–Crippen LogP) is 3.53. The molecule has 1 atom stereocenters. The van der Waals surface area contributed by atoms with Gasteiger partial charge < -0.3 is 19.9 Å². The third-order valence-electron chi connectivity index (χ3n) is 2.73. The Bertz CT molecular complexity index is 404. The maximum Gasteiger partial charge on any atom is 0.147 e. The highest BCUT2D eigenvalue weighted by atomic mass is 79.9. The molecule has 0 fully saturated rings. The van der Waals surface area contributed by atoms with Crippen molar-refractivity contribution in [1.29, 1.82) is 0 Å². The van der Waals surface area contributed by atoms with E-state index in [0.717, 1.165) is 34.1 Å². The first-order chi connectivity index (χ1) is 10.0. The van der Waals surface area contributed by atoms with Crippen LogP contribution in [0.3, 0.4) is 0 Å². The quantitative estimate of drug-likeness (QED) is 0.583. The van der Waals surface area contributed by atoms with Crippen molar-refractivity contribution in [2.24, 2.45) is 5.73 Å². The van der Waals surface area contributed by atoms with Crippen LogP contribution >= 0.6 is 31.9 Å². The topological polar surface area (TPSA) is 53.7 Å². The van der Waals surface area contributed by atoms with Crippen LogP contribution in [0.15, 0.2) is 21.1 Å². The lowest BCUT2D eigenvalue weighted by Crippen LogP contribution is -2.17. The van der Waals surface area contributed by atoms with Crippen molar-refractivity contribution >= 4 is 31.9 Å². The SMILES string of the molecule is COCCCOCCOc1c(Br)cc(CC(C)N)cc1Br. The monoisotopic (exact) mass is 423 g/mol. The minimum atomic E-state index is 0.135. The predicted molar refractivity (Wildman–Crippen MR) is 92.0 cm³/mol. The third-order valence-corrected chi connectivity index (χ3v) is 3.91. The van der Waals surface area contributed by atoms with E-state index in [1.165, 1.54) is 5.56 Å². The second-order valence-corrected chi connectivity index (χ2v) is 6.59. The van der Waals surface area contributed by atoms with Crippen LogP contribution in [0.2, 0.25) is 0 Å². The number of hydrogen-bond donors (Lipinski definition) is 1. The lowest BCUT2D eigenvalue weighted by atomic mass is 10.1. The fourth-order valence-electron chi connectivity index (χ4n) is 1.85. The van der Waals surface area contributed by atoms with Gasteiger partial charge in [-0.15, -0.1) is 0 Å². The largest absolute Gasteiger partial charge is 0.489 e. The number of halogens is 2. The minimum Gasteiger partial charge on any atom is -0.489 e. The van der Waals surface area contributed by atoms with E-state index in [1.807, 2.05) is 19.1 Å². The summed E-state index contributed by atoms with van der Waals surface area (Å²) in [4.78, 5) is 0. The average molecular weight is 425 g/mol. The van der Waals surface area contributed by atoms with Crippen molar-refractivity contribution in [3.8, 4) is 5.75 Å². The summed E-state index contributed by atoms with van der Waals surface area (Å²) in [6, 6.07) is 4.22. The van der Waals surface area contributed by atoms with Crippen molar-refractivity contribution < 1.29 is 14.2 Å². The van der Waals surface area contributed by atoms with Crippen LogP contribution in [0.25, 0.3) is 0 Å². The van der Waals surface area contributed by atoms with Gasteiger partial charge in [-0.1, -0.05) is 0 Å². The molecule has 0 aliphatic carbocycles. The summed E-state index contributed by atoms with van der Waals surface area (Å²) in [5.41, 5.74) is 7.00. The minimum absolute atomic E-state index is 0.135. The summed E-state index contributed by atoms with van der Waals surface area (Å²) < 4.78 is 18.0. The Morgan fingerprint density at radius 1 is 1.10 bits per heavy atom. The van der Waals surface area contributed by atoms with E-state index in [4.69, 9.17) is 19.9 Å². The smallest absolute Gasteiger partial charge is 0.147 e. The first kappa shape index (κ1) is 18.9.